The molecule has 1 N–H and O–H groups in total. The van der Waals surface area contributed by atoms with E-state index in [0.717, 1.165) is 32.9 Å². The summed E-state index contributed by atoms with van der Waals surface area (Å²) in [5.41, 5.74) is 2.24. The van der Waals surface area contributed by atoms with E-state index < -0.39 is 0 Å². The standard InChI is InChI=1S/C21H19N5OS/c1-2-18(27)26-11-9-15-17(12-26)28-21-19(15)20(23-13-24-21)25-16(8-10-22)14-6-4-3-5-7-14/h2-7,13,16H,1,8-9,11-12H2,(H,23,24,25)/t16-/m1/s1. The number of rotatable bonds is 5. The fourth-order valence-electron chi connectivity index (χ4n) is 3.55. The summed E-state index contributed by atoms with van der Waals surface area (Å²) >= 11 is 1.60. The van der Waals surface area contributed by atoms with Crippen LogP contribution in [-0.2, 0) is 17.8 Å². The zero-order valence-electron chi connectivity index (χ0n) is 15.3. The Labute approximate surface area is 167 Å². The molecule has 0 saturated carbocycles. The second kappa shape index (κ2) is 7.79. The molecule has 7 heteroatoms. The van der Waals surface area contributed by atoms with Gasteiger partial charge in [-0.1, -0.05) is 36.9 Å². The Bertz CT molecular complexity index is 1070. The minimum Gasteiger partial charge on any atom is -0.362 e. The number of amides is 1. The number of benzene rings is 1. The zero-order valence-corrected chi connectivity index (χ0v) is 16.1. The maximum Gasteiger partial charge on any atom is 0.246 e. The molecule has 4 rings (SSSR count). The van der Waals surface area contributed by atoms with Crippen molar-refractivity contribution < 1.29 is 4.79 Å². The van der Waals surface area contributed by atoms with Crippen molar-refractivity contribution in [3.8, 4) is 6.07 Å². The molecule has 1 amide bonds. The van der Waals surface area contributed by atoms with Crippen molar-refractivity contribution in [2.45, 2.75) is 25.4 Å². The van der Waals surface area contributed by atoms with Crippen molar-refractivity contribution in [3.63, 3.8) is 0 Å². The van der Waals surface area contributed by atoms with Crippen LogP contribution in [0.15, 0.2) is 49.3 Å². The fourth-order valence-corrected chi connectivity index (χ4v) is 4.75. The maximum atomic E-state index is 12.0. The van der Waals surface area contributed by atoms with E-state index in [0.29, 0.717) is 19.5 Å². The molecular weight excluding hydrogens is 370 g/mol. The molecule has 0 radical (unpaired) electrons. The predicted octanol–water partition coefficient (Wildman–Crippen LogP) is 3.83. The molecule has 140 valence electrons. The number of nitrogens with zero attached hydrogens (tertiary/aromatic N) is 4. The lowest BCUT2D eigenvalue weighted by atomic mass is 10.0. The van der Waals surface area contributed by atoms with Crippen LogP contribution < -0.4 is 5.32 Å². The van der Waals surface area contributed by atoms with Crippen LogP contribution in [0.4, 0.5) is 5.82 Å². The molecule has 2 aromatic heterocycles. The van der Waals surface area contributed by atoms with Gasteiger partial charge in [0.1, 0.15) is 17.0 Å². The lowest BCUT2D eigenvalue weighted by Crippen LogP contribution is -2.34. The number of fused-ring (bicyclic) bond motifs is 3. The quantitative estimate of drug-likeness (QED) is 0.671. The molecule has 0 fully saturated rings. The first-order chi connectivity index (χ1) is 13.7. The van der Waals surface area contributed by atoms with Crippen molar-refractivity contribution in [3.05, 3.63) is 65.3 Å². The third-order valence-electron chi connectivity index (χ3n) is 4.93. The second-order valence-corrected chi connectivity index (χ2v) is 7.67. The third-order valence-corrected chi connectivity index (χ3v) is 6.06. The summed E-state index contributed by atoms with van der Waals surface area (Å²) in [5, 5.41) is 13.7. The highest BCUT2D eigenvalue weighted by atomic mass is 32.1. The Kier molecular flexibility index (Phi) is 5.04. The van der Waals surface area contributed by atoms with Crippen LogP contribution in [0.3, 0.4) is 0 Å². The molecule has 6 nitrogen and oxygen atoms in total. The van der Waals surface area contributed by atoms with Gasteiger partial charge in [-0.2, -0.15) is 5.26 Å². The van der Waals surface area contributed by atoms with Crippen LogP contribution in [0.25, 0.3) is 10.2 Å². The van der Waals surface area contributed by atoms with E-state index in [2.05, 4.69) is 27.9 Å². The second-order valence-electron chi connectivity index (χ2n) is 6.59. The SMILES string of the molecule is C=CC(=O)N1CCc2c(sc3ncnc(N[C@H](CC#N)c4ccccc4)c23)C1. The van der Waals surface area contributed by atoms with Gasteiger partial charge in [-0.25, -0.2) is 9.97 Å². The first kappa shape index (κ1) is 18.1. The number of anilines is 1. The molecule has 28 heavy (non-hydrogen) atoms. The first-order valence-corrected chi connectivity index (χ1v) is 9.88. The molecule has 0 spiro atoms. The third kappa shape index (κ3) is 3.35. The van der Waals surface area contributed by atoms with E-state index in [1.807, 2.05) is 30.3 Å². The highest BCUT2D eigenvalue weighted by Gasteiger charge is 2.26. The van der Waals surface area contributed by atoms with Crippen LogP contribution in [-0.4, -0.2) is 27.3 Å². The number of carbonyl (C=O) groups excluding carboxylic acids is 1. The number of aromatic nitrogens is 2. The molecule has 0 unspecified atom stereocenters. The summed E-state index contributed by atoms with van der Waals surface area (Å²) in [6.07, 6.45) is 4.00. The van der Waals surface area contributed by atoms with Crippen molar-refractivity contribution >= 4 is 33.3 Å². The van der Waals surface area contributed by atoms with Crippen LogP contribution in [0.5, 0.6) is 0 Å². The van der Waals surface area contributed by atoms with Gasteiger partial charge in [-0.05, 0) is 23.6 Å². The van der Waals surface area contributed by atoms with Gasteiger partial charge in [0.05, 0.1) is 30.5 Å². The van der Waals surface area contributed by atoms with Crippen molar-refractivity contribution in [2.75, 3.05) is 11.9 Å². The minimum atomic E-state index is -0.151. The van der Waals surface area contributed by atoms with Gasteiger partial charge in [0.2, 0.25) is 5.91 Å². The van der Waals surface area contributed by atoms with Gasteiger partial charge in [0, 0.05) is 11.4 Å². The summed E-state index contributed by atoms with van der Waals surface area (Å²) in [5.74, 6) is 0.695. The minimum absolute atomic E-state index is 0.0503. The number of nitrogens with one attached hydrogen (secondary N) is 1. The first-order valence-electron chi connectivity index (χ1n) is 9.06. The van der Waals surface area contributed by atoms with Gasteiger partial charge in [0.15, 0.2) is 0 Å². The van der Waals surface area contributed by atoms with Gasteiger partial charge in [-0.3, -0.25) is 4.79 Å². The lowest BCUT2D eigenvalue weighted by molar-refractivity contribution is -0.126. The fraction of sp³-hybridized carbons (Fsp3) is 0.238. The average Bonchev–Trinajstić information content (AvgIpc) is 3.12. The molecule has 0 bridgehead atoms. The Morgan fingerprint density at radius 3 is 2.96 bits per heavy atom. The highest BCUT2D eigenvalue weighted by Crippen LogP contribution is 2.38. The number of hydrogen-bond donors (Lipinski definition) is 1. The summed E-state index contributed by atoms with van der Waals surface area (Å²) in [6, 6.07) is 12.0. The van der Waals surface area contributed by atoms with E-state index >= 15 is 0 Å². The zero-order chi connectivity index (χ0) is 19.5. The molecular formula is C21H19N5OS. The predicted molar refractivity (Wildman–Crippen MR) is 110 cm³/mol. The molecule has 1 atom stereocenters. The maximum absolute atomic E-state index is 12.0. The molecule has 1 aromatic carbocycles. The molecule has 3 aromatic rings. The van der Waals surface area contributed by atoms with E-state index in [9.17, 15) is 10.1 Å². The van der Waals surface area contributed by atoms with Crippen molar-refractivity contribution in [2.24, 2.45) is 0 Å². The van der Waals surface area contributed by atoms with Crippen molar-refractivity contribution in [1.29, 1.82) is 5.26 Å². The number of carbonyl (C=O) groups is 1. The van der Waals surface area contributed by atoms with Gasteiger partial charge < -0.3 is 10.2 Å². The monoisotopic (exact) mass is 389 g/mol. The number of thiophene rings is 1. The van der Waals surface area contributed by atoms with E-state index in [1.165, 1.54) is 11.6 Å². The summed E-state index contributed by atoms with van der Waals surface area (Å²) in [6.45, 7) is 4.80. The van der Waals surface area contributed by atoms with Crippen LogP contribution >= 0.6 is 11.3 Å². The van der Waals surface area contributed by atoms with E-state index in [1.54, 1.807) is 22.6 Å². The summed E-state index contributed by atoms with van der Waals surface area (Å²) in [7, 11) is 0. The smallest absolute Gasteiger partial charge is 0.246 e. The van der Waals surface area contributed by atoms with Crippen LogP contribution in [0, 0.1) is 11.3 Å². The van der Waals surface area contributed by atoms with Crippen LogP contribution in [0.2, 0.25) is 0 Å². The normalized spacial score (nSPS) is 14.2. The number of hydrogen-bond acceptors (Lipinski definition) is 6. The Balaban J connectivity index is 1.71. The van der Waals surface area contributed by atoms with Gasteiger partial charge in [-0.15, -0.1) is 11.3 Å². The summed E-state index contributed by atoms with van der Waals surface area (Å²) in [4.78, 5) is 24.7. The van der Waals surface area contributed by atoms with Crippen LogP contribution in [0.1, 0.15) is 28.5 Å². The molecule has 3 heterocycles. The summed E-state index contributed by atoms with van der Waals surface area (Å²) < 4.78 is 0. The number of nitriles is 1. The molecule has 1 aliphatic heterocycles. The van der Waals surface area contributed by atoms with E-state index in [4.69, 9.17) is 0 Å². The molecule has 0 saturated heterocycles. The van der Waals surface area contributed by atoms with Crippen molar-refractivity contribution in [1.82, 2.24) is 14.9 Å². The van der Waals surface area contributed by atoms with E-state index in [-0.39, 0.29) is 11.9 Å². The highest BCUT2D eigenvalue weighted by molar-refractivity contribution is 7.19. The van der Waals surface area contributed by atoms with Gasteiger partial charge >= 0.3 is 0 Å². The Hall–Kier alpha value is -3.24. The topological polar surface area (TPSA) is 81.9 Å². The molecule has 0 aliphatic carbocycles. The Morgan fingerprint density at radius 2 is 2.21 bits per heavy atom. The average molecular weight is 389 g/mol. The Morgan fingerprint density at radius 1 is 1.39 bits per heavy atom. The lowest BCUT2D eigenvalue weighted by Gasteiger charge is -2.26. The molecule has 1 aliphatic rings. The largest absolute Gasteiger partial charge is 0.362 e. The van der Waals surface area contributed by atoms with Gasteiger partial charge in [0.25, 0.3) is 0 Å².